The van der Waals surface area contributed by atoms with Crippen molar-refractivity contribution in [2.75, 3.05) is 27.2 Å². The molecular formula is C12H21N3OS. The Labute approximate surface area is 107 Å². The molecule has 0 atom stereocenters. The molecule has 0 spiro atoms. The van der Waals surface area contributed by atoms with Gasteiger partial charge in [-0.25, -0.2) is 4.98 Å². The highest BCUT2D eigenvalue weighted by Gasteiger charge is 2.12. The number of aryl methyl sites for hydroxylation is 2. The van der Waals surface area contributed by atoms with Gasteiger partial charge in [0.25, 0.3) is 5.91 Å². The molecule has 1 rings (SSSR count). The zero-order valence-electron chi connectivity index (χ0n) is 11.0. The largest absolute Gasteiger partial charge is 0.351 e. The molecule has 0 unspecified atom stereocenters. The van der Waals surface area contributed by atoms with Crippen LogP contribution in [0.4, 0.5) is 0 Å². The molecule has 0 saturated carbocycles. The Morgan fingerprint density at radius 1 is 1.35 bits per heavy atom. The lowest BCUT2D eigenvalue weighted by atomic mass is 10.3. The third kappa shape index (κ3) is 4.83. The molecule has 5 heteroatoms. The van der Waals surface area contributed by atoms with E-state index < -0.39 is 0 Å². The number of hydrogen-bond acceptors (Lipinski definition) is 4. The third-order valence-electron chi connectivity index (χ3n) is 2.44. The fourth-order valence-electron chi connectivity index (χ4n) is 1.58. The maximum Gasteiger partial charge on any atom is 0.271 e. The summed E-state index contributed by atoms with van der Waals surface area (Å²) in [6.45, 7) is 5.64. The van der Waals surface area contributed by atoms with E-state index in [0.29, 0.717) is 5.69 Å². The predicted octanol–water partition coefficient (Wildman–Crippen LogP) is 1.83. The molecule has 96 valence electrons. The first-order valence-corrected chi connectivity index (χ1v) is 6.69. The average Bonchev–Trinajstić information content (AvgIpc) is 2.56. The molecule has 0 aliphatic carbocycles. The molecule has 1 aromatic heterocycles. The number of rotatable bonds is 6. The fourth-order valence-corrected chi connectivity index (χ4v) is 2.39. The van der Waals surface area contributed by atoms with Gasteiger partial charge in [-0.1, -0.05) is 0 Å². The van der Waals surface area contributed by atoms with Crippen molar-refractivity contribution in [2.45, 2.75) is 26.7 Å². The number of unbranched alkanes of at least 4 members (excludes halogenated alkanes) is 1. The van der Waals surface area contributed by atoms with E-state index in [2.05, 4.69) is 29.3 Å². The summed E-state index contributed by atoms with van der Waals surface area (Å²) in [5.41, 5.74) is 0.583. The molecule has 1 N–H and O–H groups in total. The number of hydrogen-bond donors (Lipinski definition) is 1. The predicted molar refractivity (Wildman–Crippen MR) is 71.7 cm³/mol. The Kier molecular flexibility index (Phi) is 5.58. The van der Waals surface area contributed by atoms with Crippen molar-refractivity contribution < 1.29 is 4.79 Å². The molecule has 17 heavy (non-hydrogen) atoms. The molecule has 1 amide bonds. The van der Waals surface area contributed by atoms with Gasteiger partial charge in [-0.3, -0.25) is 4.79 Å². The minimum absolute atomic E-state index is 0.0447. The number of nitrogens with one attached hydrogen (secondary N) is 1. The van der Waals surface area contributed by atoms with Crippen LogP contribution in [0.1, 0.15) is 33.2 Å². The molecule has 0 bridgehead atoms. The summed E-state index contributed by atoms with van der Waals surface area (Å²) in [7, 11) is 4.11. The molecule has 0 aliphatic heterocycles. The molecule has 0 radical (unpaired) electrons. The van der Waals surface area contributed by atoms with Gasteiger partial charge < -0.3 is 10.2 Å². The van der Waals surface area contributed by atoms with E-state index in [1.54, 1.807) is 11.3 Å². The molecular weight excluding hydrogens is 234 g/mol. The van der Waals surface area contributed by atoms with Crippen LogP contribution in [0.25, 0.3) is 0 Å². The van der Waals surface area contributed by atoms with E-state index in [-0.39, 0.29) is 5.91 Å². The molecule has 1 aromatic rings. The van der Waals surface area contributed by atoms with Gasteiger partial charge >= 0.3 is 0 Å². The van der Waals surface area contributed by atoms with Gasteiger partial charge in [-0.2, -0.15) is 0 Å². The van der Waals surface area contributed by atoms with Crippen LogP contribution in [0.3, 0.4) is 0 Å². The first kappa shape index (κ1) is 14.1. The second kappa shape index (κ2) is 6.71. The van der Waals surface area contributed by atoms with Gasteiger partial charge in [0, 0.05) is 11.4 Å². The van der Waals surface area contributed by atoms with Crippen LogP contribution in [0.2, 0.25) is 0 Å². The molecule has 0 saturated heterocycles. The summed E-state index contributed by atoms with van der Waals surface area (Å²) < 4.78 is 0. The Hall–Kier alpha value is -0.940. The number of carbonyl (C=O) groups excluding carboxylic acids is 1. The van der Waals surface area contributed by atoms with E-state index in [0.717, 1.165) is 35.8 Å². The van der Waals surface area contributed by atoms with Crippen LogP contribution < -0.4 is 5.32 Å². The van der Waals surface area contributed by atoms with Gasteiger partial charge in [0.05, 0.1) is 5.01 Å². The zero-order chi connectivity index (χ0) is 12.8. The van der Waals surface area contributed by atoms with Crippen LogP contribution in [0, 0.1) is 13.8 Å². The highest BCUT2D eigenvalue weighted by molar-refractivity contribution is 7.11. The van der Waals surface area contributed by atoms with Crippen molar-refractivity contribution in [1.29, 1.82) is 0 Å². The Bertz CT molecular complexity index is 374. The minimum atomic E-state index is -0.0447. The highest BCUT2D eigenvalue weighted by atomic mass is 32.1. The van der Waals surface area contributed by atoms with Gasteiger partial charge in [0.15, 0.2) is 0 Å². The molecule has 4 nitrogen and oxygen atoms in total. The van der Waals surface area contributed by atoms with Crippen molar-refractivity contribution in [2.24, 2.45) is 0 Å². The standard InChI is InChI=1S/C12H21N3OS/c1-9-11(14-10(2)17-9)12(16)13-7-5-6-8-15(3)4/h5-8H2,1-4H3,(H,13,16). The van der Waals surface area contributed by atoms with Gasteiger partial charge in [-0.15, -0.1) is 11.3 Å². The SMILES string of the molecule is Cc1nc(C(=O)NCCCCN(C)C)c(C)s1. The van der Waals surface area contributed by atoms with Crippen LogP contribution in [-0.4, -0.2) is 43.0 Å². The second-order valence-corrected chi connectivity index (χ2v) is 5.81. The smallest absolute Gasteiger partial charge is 0.271 e. The summed E-state index contributed by atoms with van der Waals surface area (Å²) in [5.74, 6) is -0.0447. The van der Waals surface area contributed by atoms with Crippen molar-refractivity contribution in [3.63, 3.8) is 0 Å². The zero-order valence-corrected chi connectivity index (χ0v) is 11.9. The van der Waals surface area contributed by atoms with Crippen LogP contribution in [-0.2, 0) is 0 Å². The van der Waals surface area contributed by atoms with Gasteiger partial charge in [-0.05, 0) is 47.3 Å². The monoisotopic (exact) mass is 255 g/mol. The molecule has 0 fully saturated rings. The average molecular weight is 255 g/mol. The van der Waals surface area contributed by atoms with Crippen LogP contribution in [0.5, 0.6) is 0 Å². The normalized spacial score (nSPS) is 10.9. The minimum Gasteiger partial charge on any atom is -0.351 e. The highest BCUT2D eigenvalue weighted by Crippen LogP contribution is 2.15. The van der Waals surface area contributed by atoms with Crippen molar-refractivity contribution in [3.05, 3.63) is 15.6 Å². The summed E-state index contributed by atoms with van der Waals surface area (Å²) in [4.78, 5) is 19.2. The number of aromatic nitrogens is 1. The first-order valence-electron chi connectivity index (χ1n) is 5.87. The summed E-state index contributed by atoms with van der Waals surface area (Å²) in [6.07, 6.45) is 2.11. The fraction of sp³-hybridized carbons (Fsp3) is 0.667. The van der Waals surface area contributed by atoms with Crippen LogP contribution >= 0.6 is 11.3 Å². The van der Waals surface area contributed by atoms with Crippen LogP contribution in [0.15, 0.2) is 0 Å². The lowest BCUT2D eigenvalue weighted by molar-refractivity contribution is 0.0948. The van der Waals surface area contributed by atoms with E-state index in [1.165, 1.54) is 0 Å². The second-order valence-electron chi connectivity index (χ2n) is 4.40. The van der Waals surface area contributed by atoms with Crippen molar-refractivity contribution in [1.82, 2.24) is 15.2 Å². The van der Waals surface area contributed by atoms with Gasteiger partial charge in [0.1, 0.15) is 5.69 Å². The maximum absolute atomic E-state index is 11.8. The molecule has 1 heterocycles. The summed E-state index contributed by atoms with van der Waals surface area (Å²) >= 11 is 1.57. The summed E-state index contributed by atoms with van der Waals surface area (Å²) in [6, 6.07) is 0. The van der Waals surface area contributed by atoms with Crippen molar-refractivity contribution >= 4 is 17.2 Å². The Morgan fingerprint density at radius 3 is 2.59 bits per heavy atom. The quantitative estimate of drug-likeness (QED) is 0.789. The van der Waals surface area contributed by atoms with E-state index in [1.807, 2.05) is 13.8 Å². The Morgan fingerprint density at radius 2 is 2.06 bits per heavy atom. The van der Waals surface area contributed by atoms with E-state index in [4.69, 9.17) is 0 Å². The molecule has 0 aliphatic rings. The van der Waals surface area contributed by atoms with Gasteiger partial charge in [0.2, 0.25) is 0 Å². The third-order valence-corrected chi connectivity index (χ3v) is 3.32. The topological polar surface area (TPSA) is 45.2 Å². The molecule has 0 aromatic carbocycles. The lowest BCUT2D eigenvalue weighted by Gasteiger charge is -2.09. The van der Waals surface area contributed by atoms with E-state index >= 15 is 0 Å². The number of carbonyl (C=O) groups is 1. The number of amides is 1. The first-order chi connectivity index (χ1) is 8.00. The van der Waals surface area contributed by atoms with Crippen molar-refractivity contribution in [3.8, 4) is 0 Å². The number of nitrogens with zero attached hydrogens (tertiary/aromatic N) is 2. The Balaban J connectivity index is 2.28. The number of thiazole rings is 1. The van der Waals surface area contributed by atoms with E-state index in [9.17, 15) is 4.79 Å². The maximum atomic E-state index is 11.8. The lowest BCUT2D eigenvalue weighted by Crippen LogP contribution is -2.26. The summed E-state index contributed by atoms with van der Waals surface area (Å²) in [5, 5.41) is 3.86.